The normalized spacial score (nSPS) is 13.6. The van der Waals surface area contributed by atoms with E-state index in [9.17, 15) is 14.9 Å². The van der Waals surface area contributed by atoms with Crippen LogP contribution in [0.5, 0.6) is 0 Å². The summed E-state index contributed by atoms with van der Waals surface area (Å²) >= 11 is 1.37. The maximum absolute atomic E-state index is 11.8. The van der Waals surface area contributed by atoms with Gasteiger partial charge in [-0.3, -0.25) is 14.9 Å². The lowest BCUT2D eigenvalue weighted by Gasteiger charge is -2.12. The molecule has 0 fully saturated rings. The van der Waals surface area contributed by atoms with Gasteiger partial charge >= 0.3 is 0 Å². The van der Waals surface area contributed by atoms with Crippen molar-refractivity contribution in [3.63, 3.8) is 0 Å². The van der Waals surface area contributed by atoms with Gasteiger partial charge in [-0.2, -0.15) is 0 Å². The first-order chi connectivity index (χ1) is 9.40. The maximum atomic E-state index is 11.8. The summed E-state index contributed by atoms with van der Waals surface area (Å²) in [5.74, 6) is -0.0611. The largest absolute Gasteiger partial charge is 0.355 e. The highest BCUT2D eigenvalue weighted by Crippen LogP contribution is 2.25. The topological polar surface area (TPSA) is 98.3 Å². The predicted octanol–water partition coefficient (Wildman–Crippen LogP) is 1.93. The number of benzene rings is 1. The fraction of sp³-hybridized carbons (Fsp3) is 0.462. The average molecular weight is 297 g/mol. The molecule has 0 saturated heterocycles. The molecule has 2 atom stereocenters. The predicted molar refractivity (Wildman–Crippen MR) is 79.7 cm³/mol. The third kappa shape index (κ3) is 5.58. The van der Waals surface area contributed by atoms with Gasteiger partial charge in [-0.05, 0) is 32.4 Å². The Kier molecular flexibility index (Phi) is 6.47. The molecule has 0 aromatic heterocycles. The van der Waals surface area contributed by atoms with Crippen LogP contribution >= 0.6 is 11.8 Å². The first-order valence-electron chi connectivity index (χ1n) is 6.34. The molecule has 3 N–H and O–H groups in total. The molecular weight excluding hydrogens is 278 g/mol. The van der Waals surface area contributed by atoms with Crippen LogP contribution in [-0.4, -0.2) is 28.7 Å². The highest BCUT2D eigenvalue weighted by atomic mass is 32.2. The number of nitrogens with zero attached hydrogens (tertiary/aromatic N) is 1. The summed E-state index contributed by atoms with van der Waals surface area (Å²) in [4.78, 5) is 22.7. The minimum Gasteiger partial charge on any atom is -0.355 e. The number of carbonyl (C=O) groups excluding carboxylic acids is 1. The number of nitrogens with two attached hydrogens (primary N) is 1. The van der Waals surface area contributed by atoms with Gasteiger partial charge in [-0.1, -0.05) is 0 Å². The summed E-state index contributed by atoms with van der Waals surface area (Å²) in [7, 11) is 0. The Morgan fingerprint density at radius 2 is 2.00 bits per heavy atom. The molecule has 0 spiro atoms. The molecule has 110 valence electrons. The van der Waals surface area contributed by atoms with Crippen LogP contribution in [0.3, 0.4) is 0 Å². The van der Waals surface area contributed by atoms with Gasteiger partial charge in [0, 0.05) is 29.6 Å². The molecular formula is C13H19N3O3S. The maximum Gasteiger partial charge on any atom is 0.269 e. The Hall–Kier alpha value is -1.60. The Morgan fingerprint density at radius 1 is 1.40 bits per heavy atom. The summed E-state index contributed by atoms with van der Waals surface area (Å²) < 4.78 is 0. The zero-order valence-corrected chi connectivity index (χ0v) is 12.4. The van der Waals surface area contributed by atoms with Crippen LogP contribution in [0.2, 0.25) is 0 Å². The van der Waals surface area contributed by atoms with Crippen molar-refractivity contribution in [1.82, 2.24) is 5.32 Å². The van der Waals surface area contributed by atoms with Gasteiger partial charge in [-0.25, -0.2) is 0 Å². The lowest BCUT2D eigenvalue weighted by atomic mass is 10.2. The van der Waals surface area contributed by atoms with Crippen molar-refractivity contribution < 1.29 is 9.72 Å². The van der Waals surface area contributed by atoms with Crippen LogP contribution < -0.4 is 11.1 Å². The van der Waals surface area contributed by atoms with Crippen LogP contribution in [0.1, 0.15) is 20.3 Å². The van der Waals surface area contributed by atoms with E-state index in [1.165, 1.54) is 23.9 Å². The number of hydrogen-bond acceptors (Lipinski definition) is 5. The van der Waals surface area contributed by atoms with E-state index in [4.69, 9.17) is 5.73 Å². The number of hydrogen-bond donors (Lipinski definition) is 2. The molecule has 2 unspecified atom stereocenters. The van der Waals surface area contributed by atoms with E-state index in [0.29, 0.717) is 6.54 Å². The van der Waals surface area contributed by atoms with Crippen molar-refractivity contribution in [3.05, 3.63) is 34.4 Å². The first kappa shape index (κ1) is 16.5. The SMILES string of the molecule is CC(N)CCNC(=O)C(C)Sc1ccc([N+](=O)[O-])cc1. The monoisotopic (exact) mass is 297 g/mol. The second-order valence-electron chi connectivity index (χ2n) is 4.57. The van der Waals surface area contributed by atoms with Crippen LogP contribution in [-0.2, 0) is 4.79 Å². The lowest BCUT2D eigenvalue weighted by Crippen LogP contribution is -2.34. The Balaban J connectivity index is 2.46. The van der Waals surface area contributed by atoms with Gasteiger partial charge in [0.25, 0.3) is 5.69 Å². The van der Waals surface area contributed by atoms with Crippen molar-refractivity contribution in [1.29, 1.82) is 0 Å². The number of carbonyl (C=O) groups is 1. The van der Waals surface area contributed by atoms with Gasteiger partial charge in [-0.15, -0.1) is 11.8 Å². The minimum atomic E-state index is -0.446. The summed E-state index contributed by atoms with van der Waals surface area (Å²) in [6.07, 6.45) is 0.737. The number of rotatable bonds is 7. The fourth-order valence-corrected chi connectivity index (χ4v) is 2.36. The van der Waals surface area contributed by atoms with E-state index >= 15 is 0 Å². The van der Waals surface area contributed by atoms with Crippen LogP contribution in [0.15, 0.2) is 29.2 Å². The van der Waals surface area contributed by atoms with Crippen molar-refractivity contribution in [2.24, 2.45) is 5.73 Å². The smallest absolute Gasteiger partial charge is 0.269 e. The highest BCUT2D eigenvalue weighted by molar-refractivity contribution is 8.00. The molecule has 0 aliphatic heterocycles. The Bertz CT molecular complexity index is 462. The van der Waals surface area contributed by atoms with Crippen molar-refractivity contribution in [2.75, 3.05) is 6.54 Å². The standard InChI is InChI=1S/C13H19N3O3S/c1-9(14)7-8-15-13(17)10(2)20-12-5-3-11(4-6-12)16(18)19/h3-6,9-10H,7-8,14H2,1-2H3,(H,15,17). The summed E-state index contributed by atoms with van der Waals surface area (Å²) in [5.41, 5.74) is 5.65. The molecule has 1 rings (SSSR count). The van der Waals surface area contributed by atoms with Crippen LogP contribution in [0, 0.1) is 10.1 Å². The fourth-order valence-electron chi connectivity index (χ4n) is 1.47. The molecule has 0 aliphatic rings. The lowest BCUT2D eigenvalue weighted by molar-refractivity contribution is -0.384. The minimum absolute atomic E-state index is 0.0448. The van der Waals surface area contributed by atoms with E-state index in [-0.39, 0.29) is 22.9 Å². The van der Waals surface area contributed by atoms with Gasteiger partial charge < -0.3 is 11.1 Å². The zero-order valence-electron chi connectivity index (χ0n) is 11.5. The summed E-state index contributed by atoms with van der Waals surface area (Å²) in [6, 6.07) is 6.22. The molecule has 0 radical (unpaired) electrons. The molecule has 6 nitrogen and oxygen atoms in total. The third-order valence-electron chi connectivity index (χ3n) is 2.63. The Labute approximate surface area is 122 Å². The molecule has 0 aliphatic carbocycles. The number of nitro benzene ring substituents is 1. The van der Waals surface area contributed by atoms with E-state index in [2.05, 4.69) is 5.32 Å². The van der Waals surface area contributed by atoms with Gasteiger partial charge in [0.15, 0.2) is 0 Å². The number of thioether (sulfide) groups is 1. The van der Waals surface area contributed by atoms with Gasteiger partial charge in [0.1, 0.15) is 0 Å². The number of nitrogens with one attached hydrogen (secondary N) is 1. The number of amides is 1. The molecule has 20 heavy (non-hydrogen) atoms. The third-order valence-corrected chi connectivity index (χ3v) is 3.74. The molecule has 0 saturated carbocycles. The van der Waals surface area contributed by atoms with Crippen molar-refractivity contribution in [3.8, 4) is 0 Å². The quantitative estimate of drug-likeness (QED) is 0.455. The average Bonchev–Trinajstić information content (AvgIpc) is 2.38. The second-order valence-corrected chi connectivity index (χ2v) is 5.98. The van der Waals surface area contributed by atoms with Crippen LogP contribution in [0.25, 0.3) is 0 Å². The number of nitro groups is 1. The summed E-state index contributed by atoms with van der Waals surface area (Å²) in [6.45, 7) is 4.25. The molecule has 1 aromatic carbocycles. The number of non-ortho nitro benzene ring substituents is 1. The highest BCUT2D eigenvalue weighted by Gasteiger charge is 2.14. The molecule has 1 aromatic rings. The Morgan fingerprint density at radius 3 is 2.50 bits per heavy atom. The van der Waals surface area contributed by atoms with Gasteiger partial charge in [0.2, 0.25) is 5.91 Å². The summed E-state index contributed by atoms with van der Waals surface area (Å²) in [5, 5.41) is 13.1. The van der Waals surface area contributed by atoms with Crippen LogP contribution in [0.4, 0.5) is 5.69 Å². The molecule has 7 heteroatoms. The van der Waals surface area contributed by atoms with E-state index in [1.54, 1.807) is 19.1 Å². The van der Waals surface area contributed by atoms with Crippen molar-refractivity contribution in [2.45, 2.75) is 36.5 Å². The molecule has 0 heterocycles. The second kappa shape index (κ2) is 7.86. The van der Waals surface area contributed by atoms with Gasteiger partial charge in [0.05, 0.1) is 10.2 Å². The van der Waals surface area contributed by atoms with E-state index < -0.39 is 4.92 Å². The van der Waals surface area contributed by atoms with E-state index in [1.807, 2.05) is 6.92 Å². The molecule has 1 amide bonds. The first-order valence-corrected chi connectivity index (χ1v) is 7.22. The zero-order chi connectivity index (χ0) is 15.1. The van der Waals surface area contributed by atoms with E-state index in [0.717, 1.165) is 11.3 Å². The molecule has 0 bridgehead atoms. The van der Waals surface area contributed by atoms with Crippen molar-refractivity contribution >= 4 is 23.4 Å².